The number of nitrogens with zero attached hydrogens (tertiary/aromatic N) is 2. The summed E-state index contributed by atoms with van der Waals surface area (Å²) in [6.45, 7) is 0.315. The highest BCUT2D eigenvalue weighted by atomic mass is 32.2. The summed E-state index contributed by atoms with van der Waals surface area (Å²) in [4.78, 5) is 15.2. The Hall–Kier alpha value is -1.89. The third-order valence-electron chi connectivity index (χ3n) is 2.72. The Morgan fingerprint density at radius 1 is 1.33 bits per heavy atom. The second-order valence-electron chi connectivity index (χ2n) is 4.29. The van der Waals surface area contributed by atoms with E-state index in [4.69, 9.17) is 0 Å². The van der Waals surface area contributed by atoms with Crippen molar-refractivity contribution in [1.82, 2.24) is 9.55 Å². The minimum Gasteiger partial charge on any atom is -0.469 e. The van der Waals surface area contributed by atoms with Gasteiger partial charge in [-0.1, -0.05) is 11.8 Å². The van der Waals surface area contributed by atoms with Gasteiger partial charge >= 0.3 is 5.97 Å². The number of hydrogen-bond donors (Lipinski definition) is 0. The van der Waals surface area contributed by atoms with Crippen LogP contribution in [-0.2, 0) is 16.1 Å². The van der Waals surface area contributed by atoms with Gasteiger partial charge < -0.3 is 9.30 Å². The summed E-state index contributed by atoms with van der Waals surface area (Å²) in [6.07, 6.45) is 3.61. The van der Waals surface area contributed by atoms with Crippen molar-refractivity contribution in [3.05, 3.63) is 47.8 Å². The van der Waals surface area contributed by atoms with E-state index in [2.05, 4.69) is 9.72 Å². The van der Waals surface area contributed by atoms with Crippen molar-refractivity contribution in [3.8, 4) is 0 Å². The van der Waals surface area contributed by atoms with Crippen LogP contribution < -0.4 is 0 Å². The van der Waals surface area contributed by atoms with Crippen LogP contribution in [0.25, 0.3) is 0 Å². The lowest BCUT2D eigenvalue weighted by molar-refractivity contribution is -0.140. The van der Waals surface area contributed by atoms with E-state index in [1.54, 1.807) is 17.0 Å². The van der Waals surface area contributed by atoms with Crippen LogP contribution >= 0.6 is 11.8 Å². The van der Waals surface area contributed by atoms with Crippen molar-refractivity contribution < 1.29 is 18.3 Å². The molecule has 0 radical (unpaired) electrons. The highest BCUT2D eigenvalue weighted by molar-refractivity contribution is 7.99. The average Bonchev–Trinajstić information content (AvgIpc) is 2.84. The van der Waals surface area contributed by atoms with Gasteiger partial charge in [0.05, 0.1) is 13.5 Å². The molecule has 0 N–H and O–H groups in total. The molecule has 0 saturated heterocycles. The summed E-state index contributed by atoms with van der Waals surface area (Å²) in [5, 5.41) is 0.684. The van der Waals surface area contributed by atoms with Gasteiger partial charge in [0, 0.05) is 30.8 Å². The summed E-state index contributed by atoms with van der Waals surface area (Å²) in [5.41, 5.74) is 0.514. The first-order valence-electron chi connectivity index (χ1n) is 6.24. The molecule has 0 unspecified atom stereocenters. The zero-order valence-electron chi connectivity index (χ0n) is 11.4. The predicted molar refractivity (Wildman–Crippen MR) is 75.0 cm³/mol. The molecule has 2 rings (SSSR count). The molecular formula is C14H14F2N2O2S. The van der Waals surface area contributed by atoms with E-state index in [0.29, 0.717) is 23.0 Å². The van der Waals surface area contributed by atoms with Crippen molar-refractivity contribution in [2.24, 2.45) is 0 Å². The van der Waals surface area contributed by atoms with Gasteiger partial charge in [0.15, 0.2) is 5.16 Å². The van der Waals surface area contributed by atoms with Crippen molar-refractivity contribution in [1.29, 1.82) is 0 Å². The third kappa shape index (κ3) is 4.56. The van der Waals surface area contributed by atoms with E-state index in [9.17, 15) is 13.6 Å². The number of carbonyl (C=O) groups is 1. The summed E-state index contributed by atoms with van der Waals surface area (Å²) < 4.78 is 32.7. The summed E-state index contributed by atoms with van der Waals surface area (Å²) in [7, 11) is 1.34. The molecule has 1 aromatic heterocycles. The van der Waals surface area contributed by atoms with E-state index in [0.717, 1.165) is 6.07 Å². The lowest BCUT2D eigenvalue weighted by Crippen LogP contribution is -2.04. The van der Waals surface area contributed by atoms with Crippen LogP contribution in [0.4, 0.5) is 8.78 Å². The van der Waals surface area contributed by atoms with Crippen molar-refractivity contribution in [3.63, 3.8) is 0 Å². The van der Waals surface area contributed by atoms with Crippen molar-refractivity contribution in [2.45, 2.75) is 18.1 Å². The van der Waals surface area contributed by atoms with E-state index >= 15 is 0 Å². The van der Waals surface area contributed by atoms with Crippen molar-refractivity contribution >= 4 is 17.7 Å². The molecule has 21 heavy (non-hydrogen) atoms. The number of rotatable bonds is 6. The number of hydrogen-bond acceptors (Lipinski definition) is 4. The molecule has 4 nitrogen and oxygen atoms in total. The molecule has 2 aromatic rings. The highest BCUT2D eigenvalue weighted by Crippen LogP contribution is 2.19. The van der Waals surface area contributed by atoms with Gasteiger partial charge in [0.2, 0.25) is 0 Å². The van der Waals surface area contributed by atoms with Crippen LogP contribution in [0.1, 0.15) is 12.0 Å². The van der Waals surface area contributed by atoms with Gasteiger partial charge in [-0.05, 0) is 17.7 Å². The molecule has 1 heterocycles. The molecule has 0 spiro atoms. The first kappa shape index (κ1) is 15.5. The van der Waals surface area contributed by atoms with E-state index < -0.39 is 11.6 Å². The van der Waals surface area contributed by atoms with Gasteiger partial charge in [-0.2, -0.15) is 0 Å². The fourth-order valence-electron chi connectivity index (χ4n) is 1.78. The van der Waals surface area contributed by atoms with E-state index in [1.165, 1.54) is 31.0 Å². The van der Waals surface area contributed by atoms with Gasteiger partial charge in [-0.15, -0.1) is 0 Å². The zero-order valence-corrected chi connectivity index (χ0v) is 12.2. The fourth-order valence-corrected chi connectivity index (χ4v) is 2.66. The summed E-state index contributed by atoms with van der Waals surface area (Å²) in [5.74, 6) is -0.968. The Morgan fingerprint density at radius 2 is 2.05 bits per heavy atom. The number of benzene rings is 1. The zero-order chi connectivity index (χ0) is 15.2. The predicted octanol–water partition coefficient (Wildman–Crippen LogP) is 2.86. The van der Waals surface area contributed by atoms with Crippen LogP contribution in [0.2, 0.25) is 0 Å². The minimum absolute atomic E-state index is 0.280. The molecule has 1 aromatic carbocycles. The summed E-state index contributed by atoms with van der Waals surface area (Å²) in [6, 6.07) is 3.40. The highest BCUT2D eigenvalue weighted by Gasteiger charge is 2.08. The van der Waals surface area contributed by atoms with Crippen LogP contribution in [0, 0.1) is 11.6 Å². The van der Waals surface area contributed by atoms with E-state index in [1.807, 2.05) is 0 Å². The molecule has 112 valence electrons. The monoisotopic (exact) mass is 312 g/mol. The largest absolute Gasteiger partial charge is 0.469 e. The second-order valence-corrected chi connectivity index (χ2v) is 5.35. The normalized spacial score (nSPS) is 10.6. The number of carbonyl (C=O) groups excluding carboxylic acids is 1. The molecule has 0 amide bonds. The van der Waals surface area contributed by atoms with Crippen LogP contribution in [0.3, 0.4) is 0 Å². The maximum Gasteiger partial charge on any atom is 0.306 e. The van der Waals surface area contributed by atoms with Crippen LogP contribution in [0.15, 0.2) is 35.7 Å². The van der Waals surface area contributed by atoms with Gasteiger partial charge in [-0.3, -0.25) is 4.79 Å². The molecule has 0 aliphatic carbocycles. The summed E-state index contributed by atoms with van der Waals surface area (Å²) >= 11 is 1.39. The van der Waals surface area contributed by atoms with Gasteiger partial charge in [-0.25, -0.2) is 13.8 Å². The maximum absolute atomic E-state index is 13.2. The average molecular weight is 312 g/mol. The number of aromatic nitrogens is 2. The smallest absolute Gasteiger partial charge is 0.306 e. The number of imidazole rings is 1. The fraction of sp³-hybridized carbons (Fsp3) is 0.286. The number of halogens is 2. The van der Waals surface area contributed by atoms with E-state index in [-0.39, 0.29) is 12.4 Å². The Labute approximate surface area is 125 Å². The Balaban J connectivity index is 2.01. The Bertz CT molecular complexity index is 611. The SMILES string of the molecule is COC(=O)CCSc1nccn1Cc1cc(F)cc(F)c1. The number of methoxy groups -OCH3 is 1. The molecular weight excluding hydrogens is 298 g/mol. The third-order valence-corrected chi connectivity index (χ3v) is 3.72. The quantitative estimate of drug-likeness (QED) is 0.608. The molecule has 0 saturated carbocycles. The van der Waals surface area contributed by atoms with Gasteiger partial charge in [0.25, 0.3) is 0 Å². The van der Waals surface area contributed by atoms with Crippen LogP contribution in [0.5, 0.6) is 0 Å². The number of thioether (sulfide) groups is 1. The molecule has 0 fully saturated rings. The topological polar surface area (TPSA) is 44.1 Å². The Kier molecular flexibility index (Phi) is 5.32. The van der Waals surface area contributed by atoms with Crippen molar-refractivity contribution in [2.75, 3.05) is 12.9 Å². The first-order chi connectivity index (χ1) is 10.1. The maximum atomic E-state index is 13.2. The number of esters is 1. The molecule has 0 atom stereocenters. The molecule has 0 bridgehead atoms. The number of ether oxygens (including phenoxy) is 1. The molecule has 0 aliphatic heterocycles. The molecule has 0 aliphatic rings. The molecule has 7 heteroatoms. The van der Waals surface area contributed by atoms with Gasteiger partial charge in [0.1, 0.15) is 11.6 Å². The lowest BCUT2D eigenvalue weighted by Gasteiger charge is -2.08. The lowest BCUT2D eigenvalue weighted by atomic mass is 10.2. The Morgan fingerprint density at radius 3 is 2.71 bits per heavy atom. The second kappa shape index (κ2) is 7.21. The van der Waals surface area contributed by atoms with Crippen LogP contribution in [-0.4, -0.2) is 28.4 Å². The minimum atomic E-state index is -0.606. The first-order valence-corrected chi connectivity index (χ1v) is 7.23. The standard InChI is InChI=1S/C14H14F2N2O2S/c1-20-13(19)2-5-21-14-17-3-4-18(14)9-10-6-11(15)8-12(16)7-10/h3-4,6-8H,2,5,9H2,1H3.